The van der Waals surface area contributed by atoms with Gasteiger partial charge >= 0.3 is 15.9 Å². The summed E-state index contributed by atoms with van der Waals surface area (Å²) in [6.07, 6.45) is 5.33. The summed E-state index contributed by atoms with van der Waals surface area (Å²) in [6.45, 7) is 10.8. The van der Waals surface area contributed by atoms with E-state index in [-0.39, 0.29) is 18.3 Å². The van der Waals surface area contributed by atoms with E-state index in [0.717, 1.165) is 15.9 Å². The second kappa shape index (κ2) is 12.5. The van der Waals surface area contributed by atoms with Gasteiger partial charge in [-0.15, -0.1) is 0 Å². The number of rotatable bonds is 11. The predicted molar refractivity (Wildman–Crippen MR) is 153 cm³/mol. The number of hydrogen-bond acceptors (Lipinski definition) is 4. The lowest BCUT2D eigenvalue weighted by molar-refractivity contribution is 0.226. The summed E-state index contributed by atoms with van der Waals surface area (Å²) < 4.78 is 32.4. The molecule has 0 fully saturated rings. The molecule has 0 aromatic heterocycles. The molecule has 3 rings (SSSR count). The summed E-state index contributed by atoms with van der Waals surface area (Å²) in [5.74, 6) is 0. The smallest absolute Gasteiger partial charge is 0.364 e. The van der Waals surface area contributed by atoms with Gasteiger partial charge in [-0.3, -0.25) is 4.57 Å². The molecule has 3 aromatic carbocycles. The molecule has 0 atom stereocenters. The van der Waals surface area contributed by atoms with Gasteiger partial charge in [0.2, 0.25) is 0 Å². The van der Waals surface area contributed by atoms with Crippen LogP contribution in [0.5, 0.6) is 0 Å². The van der Waals surface area contributed by atoms with Crippen molar-refractivity contribution < 1.29 is 18.0 Å². The molecule has 0 unspecified atom stereocenters. The van der Waals surface area contributed by atoms with Crippen molar-refractivity contribution in [3.63, 3.8) is 0 Å². The maximum atomic E-state index is 13.9. The van der Waals surface area contributed by atoms with Crippen LogP contribution in [0.4, 0.5) is 0 Å². The lowest BCUT2D eigenvalue weighted by atomic mass is 10.2. The summed E-state index contributed by atoms with van der Waals surface area (Å²) in [4.78, 5) is 0. The quantitative estimate of drug-likeness (QED) is 0.114. The molecule has 0 amide bonds. The van der Waals surface area contributed by atoms with Crippen molar-refractivity contribution in [1.82, 2.24) is 0 Å². The number of allylic oxidation sites excluding steroid dienone is 2. The van der Waals surface area contributed by atoms with E-state index in [4.69, 9.17) is 13.5 Å². The van der Waals surface area contributed by atoms with Crippen LogP contribution in [0.1, 0.15) is 40.2 Å². The fourth-order valence-electron chi connectivity index (χ4n) is 4.31. The van der Waals surface area contributed by atoms with Crippen molar-refractivity contribution in [2.75, 3.05) is 13.2 Å². The molecule has 0 heterocycles. The zero-order valence-corrected chi connectivity index (χ0v) is 23.8. The van der Waals surface area contributed by atoms with Gasteiger partial charge in [0, 0.05) is 0 Å². The fourth-order valence-corrected chi connectivity index (χ4v) is 10.2. The predicted octanol–water partition coefficient (Wildman–Crippen LogP) is 7.38. The summed E-state index contributed by atoms with van der Waals surface area (Å²) >= 11 is 0. The van der Waals surface area contributed by atoms with Crippen LogP contribution < -0.4 is 10.4 Å². The molecule has 0 aliphatic heterocycles. The molecule has 36 heavy (non-hydrogen) atoms. The first-order chi connectivity index (χ1) is 17.3. The molecule has 0 aliphatic rings. The van der Waals surface area contributed by atoms with Crippen LogP contribution in [0.15, 0.2) is 109 Å². The molecule has 0 saturated heterocycles. The van der Waals surface area contributed by atoms with Crippen molar-refractivity contribution in [3.8, 4) is 0 Å². The molecule has 0 N–H and O–H groups in total. The van der Waals surface area contributed by atoms with E-state index >= 15 is 0 Å². The number of hydrogen-bond donors (Lipinski definition) is 0. The Kier molecular flexibility index (Phi) is 9.69. The Morgan fingerprint density at radius 2 is 1.22 bits per heavy atom. The molecular weight excluding hydrogens is 483 g/mol. The standard InChI is InChI=1S/C30H37O4PSi/c1-6-32-35(31,33-7-2)27(24-23-26-17-11-8-12-18-26)25-34-36(30(3,4)5,28-19-13-9-14-20-28)29-21-15-10-16-22-29/h8-25H,6-7H2,1-5H3/b24-23+,27-25+. The molecule has 190 valence electrons. The zero-order chi connectivity index (χ0) is 26.1. The Morgan fingerprint density at radius 3 is 1.64 bits per heavy atom. The summed E-state index contributed by atoms with van der Waals surface area (Å²) in [7, 11) is -6.50. The minimum atomic E-state index is -3.62. The highest BCUT2D eigenvalue weighted by atomic mass is 31.2. The molecule has 0 saturated carbocycles. The van der Waals surface area contributed by atoms with Crippen LogP contribution in [0.25, 0.3) is 6.08 Å². The Hall–Kier alpha value is -2.69. The average molecular weight is 521 g/mol. The largest absolute Gasteiger partial charge is 0.539 e. The highest BCUT2D eigenvalue weighted by Crippen LogP contribution is 2.57. The van der Waals surface area contributed by atoms with E-state index in [1.54, 1.807) is 12.3 Å². The third-order valence-electron chi connectivity index (χ3n) is 5.93. The van der Waals surface area contributed by atoms with Crippen LogP contribution in [-0.4, -0.2) is 21.5 Å². The van der Waals surface area contributed by atoms with Gasteiger partial charge in [-0.25, -0.2) is 0 Å². The highest BCUT2D eigenvalue weighted by molar-refractivity contribution is 7.58. The molecule has 0 bridgehead atoms. The van der Waals surface area contributed by atoms with E-state index in [9.17, 15) is 4.57 Å². The van der Waals surface area contributed by atoms with Gasteiger partial charge in [0.1, 0.15) is 0 Å². The van der Waals surface area contributed by atoms with Crippen LogP contribution in [0.2, 0.25) is 5.04 Å². The van der Waals surface area contributed by atoms with E-state index in [1.165, 1.54) is 0 Å². The summed E-state index contributed by atoms with van der Waals surface area (Å²) in [5.41, 5.74) is 0.980. The van der Waals surface area contributed by atoms with Gasteiger partial charge in [0.05, 0.1) is 24.8 Å². The maximum Gasteiger partial charge on any atom is 0.364 e. The first kappa shape index (κ1) is 27.9. The van der Waals surface area contributed by atoms with Gasteiger partial charge < -0.3 is 13.5 Å². The van der Waals surface area contributed by atoms with Crippen LogP contribution in [0.3, 0.4) is 0 Å². The second-order valence-electron chi connectivity index (χ2n) is 9.40. The fraction of sp³-hybridized carbons (Fsp3) is 0.267. The normalized spacial score (nSPS) is 13.2. The maximum absolute atomic E-state index is 13.9. The molecule has 0 radical (unpaired) electrons. The Balaban J connectivity index is 2.22. The van der Waals surface area contributed by atoms with Crippen molar-refractivity contribution in [2.24, 2.45) is 0 Å². The Bertz CT molecular complexity index is 1140. The van der Waals surface area contributed by atoms with E-state index < -0.39 is 15.9 Å². The third-order valence-corrected chi connectivity index (χ3v) is 12.9. The first-order valence-electron chi connectivity index (χ1n) is 12.4. The zero-order valence-electron chi connectivity index (χ0n) is 21.9. The SMILES string of the molecule is CCOP(=O)(OCC)C(/C=C/c1ccccc1)=C/O[Si](c1ccccc1)(c1ccccc1)C(C)(C)C. The van der Waals surface area contributed by atoms with Gasteiger partial charge in [-0.1, -0.05) is 118 Å². The van der Waals surface area contributed by atoms with E-state index in [1.807, 2.05) is 86.7 Å². The minimum Gasteiger partial charge on any atom is -0.539 e. The molecule has 4 nitrogen and oxygen atoms in total. The topological polar surface area (TPSA) is 44.8 Å². The molecular formula is C30H37O4PSi. The van der Waals surface area contributed by atoms with E-state index in [0.29, 0.717) is 5.31 Å². The average Bonchev–Trinajstić information content (AvgIpc) is 2.87. The van der Waals surface area contributed by atoms with E-state index in [2.05, 4.69) is 45.0 Å². The second-order valence-corrected chi connectivity index (χ2v) is 15.7. The van der Waals surface area contributed by atoms with Crippen molar-refractivity contribution in [1.29, 1.82) is 0 Å². The molecule has 0 spiro atoms. The Morgan fingerprint density at radius 1 is 0.778 bits per heavy atom. The number of benzene rings is 3. The lowest BCUT2D eigenvalue weighted by Gasteiger charge is -2.42. The van der Waals surface area contributed by atoms with Crippen molar-refractivity contribution in [2.45, 2.75) is 39.7 Å². The molecule has 0 aliphatic carbocycles. The van der Waals surface area contributed by atoms with Gasteiger partial charge in [-0.2, -0.15) is 0 Å². The van der Waals surface area contributed by atoms with Crippen LogP contribution in [0, 0.1) is 0 Å². The lowest BCUT2D eigenvalue weighted by Crippen LogP contribution is -2.65. The Labute approximate surface area is 217 Å². The minimum absolute atomic E-state index is 0.234. The van der Waals surface area contributed by atoms with Crippen LogP contribution in [-0.2, 0) is 18.0 Å². The van der Waals surface area contributed by atoms with Crippen molar-refractivity contribution in [3.05, 3.63) is 114 Å². The molecule has 6 heteroatoms. The summed E-state index contributed by atoms with van der Waals surface area (Å²) in [6, 6.07) is 30.6. The summed E-state index contributed by atoms with van der Waals surface area (Å²) in [5, 5.41) is 2.42. The van der Waals surface area contributed by atoms with Crippen LogP contribution >= 0.6 is 7.60 Å². The van der Waals surface area contributed by atoms with Gasteiger partial charge in [0.25, 0.3) is 0 Å². The highest BCUT2D eigenvalue weighted by Gasteiger charge is 2.51. The van der Waals surface area contributed by atoms with Crippen molar-refractivity contribution >= 4 is 32.4 Å². The third kappa shape index (κ3) is 6.35. The first-order valence-corrected chi connectivity index (χ1v) is 15.8. The molecule has 3 aromatic rings. The van der Waals surface area contributed by atoms with Gasteiger partial charge in [-0.05, 0) is 40.9 Å². The van der Waals surface area contributed by atoms with Gasteiger partial charge in [0.15, 0.2) is 0 Å². The monoisotopic (exact) mass is 520 g/mol.